The molecular formula is C13H21N3O. The Morgan fingerprint density at radius 2 is 1.82 bits per heavy atom. The van der Waals surface area contributed by atoms with Crippen LogP contribution in [-0.2, 0) is 4.84 Å². The molecule has 0 aliphatic carbocycles. The zero-order chi connectivity index (χ0) is 12.3. The van der Waals surface area contributed by atoms with E-state index in [1.807, 2.05) is 18.3 Å². The number of hydrogen-bond donors (Lipinski definition) is 0. The zero-order valence-corrected chi connectivity index (χ0v) is 10.9. The van der Waals surface area contributed by atoms with Gasteiger partial charge in [0.15, 0.2) is 0 Å². The lowest BCUT2D eigenvalue weighted by molar-refractivity contribution is -0.230. The van der Waals surface area contributed by atoms with Crippen LogP contribution in [0.15, 0.2) is 24.4 Å². The third-order valence-electron chi connectivity index (χ3n) is 2.61. The number of hydroxylamine groups is 2. The second-order valence-electron chi connectivity index (χ2n) is 5.31. The van der Waals surface area contributed by atoms with Crippen LogP contribution in [0.25, 0.3) is 0 Å². The molecule has 94 valence electrons. The second-order valence-corrected chi connectivity index (χ2v) is 5.31. The topological polar surface area (TPSA) is 28.6 Å². The maximum atomic E-state index is 5.85. The summed E-state index contributed by atoms with van der Waals surface area (Å²) in [6.07, 6.45) is 1.84. The van der Waals surface area contributed by atoms with E-state index in [0.717, 1.165) is 32.0 Å². The highest BCUT2D eigenvalue weighted by atomic mass is 16.7. The van der Waals surface area contributed by atoms with E-state index in [9.17, 15) is 0 Å². The van der Waals surface area contributed by atoms with Crippen molar-refractivity contribution in [3.63, 3.8) is 0 Å². The molecular weight excluding hydrogens is 214 g/mol. The Hall–Kier alpha value is -1.13. The van der Waals surface area contributed by atoms with Gasteiger partial charge in [0.25, 0.3) is 0 Å². The fourth-order valence-electron chi connectivity index (χ4n) is 1.94. The summed E-state index contributed by atoms with van der Waals surface area (Å²) in [5, 5.41) is 2.06. The van der Waals surface area contributed by atoms with Crippen molar-refractivity contribution in [2.75, 3.05) is 31.1 Å². The largest absolute Gasteiger partial charge is 0.354 e. The molecule has 1 saturated heterocycles. The standard InChI is InChI=1S/C13H21N3O/c1-13(2,3)17-16-10-8-15(9-11-16)12-6-4-5-7-14-12/h4-7H,8-11H2,1-3H3. The van der Waals surface area contributed by atoms with Gasteiger partial charge in [0, 0.05) is 32.4 Å². The van der Waals surface area contributed by atoms with Gasteiger partial charge >= 0.3 is 0 Å². The molecule has 1 aliphatic heterocycles. The lowest BCUT2D eigenvalue weighted by Gasteiger charge is -2.37. The average molecular weight is 235 g/mol. The van der Waals surface area contributed by atoms with E-state index in [-0.39, 0.29) is 5.60 Å². The van der Waals surface area contributed by atoms with Crippen molar-refractivity contribution in [2.45, 2.75) is 26.4 Å². The number of hydrogen-bond acceptors (Lipinski definition) is 4. The summed E-state index contributed by atoms with van der Waals surface area (Å²) >= 11 is 0. The molecule has 0 unspecified atom stereocenters. The maximum absolute atomic E-state index is 5.85. The molecule has 1 aliphatic rings. The summed E-state index contributed by atoms with van der Waals surface area (Å²) in [5.41, 5.74) is -0.104. The van der Waals surface area contributed by atoms with Gasteiger partial charge in [-0.05, 0) is 32.9 Å². The molecule has 0 N–H and O–H groups in total. The summed E-state index contributed by atoms with van der Waals surface area (Å²) in [4.78, 5) is 12.5. The van der Waals surface area contributed by atoms with Gasteiger partial charge in [-0.15, -0.1) is 0 Å². The third kappa shape index (κ3) is 3.68. The van der Waals surface area contributed by atoms with Gasteiger partial charge in [0.2, 0.25) is 0 Å². The fourth-order valence-corrected chi connectivity index (χ4v) is 1.94. The molecule has 2 rings (SSSR count). The van der Waals surface area contributed by atoms with Gasteiger partial charge in [-0.1, -0.05) is 6.07 Å². The first kappa shape index (κ1) is 12.3. The molecule has 0 aromatic carbocycles. The van der Waals surface area contributed by atoms with Crippen molar-refractivity contribution < 1.29 is 4.84 Å². The normalized spacial score (nSPS) is 18.4. The van der Waals surface area contributed by atoms with Gasteiger partial charge in [-0.2, -0.15) is 5.06 Å². The van der Waals surface area contributed by atoms with Crippen LogP contribution in [0, 0.1) is 0 Å². The van der Waals surface area contributed by atoms with Crippen LogP contribution in [0.5, 0.6) is 0 Å². The van der Waals surface area contributed by atoms with E-state index in [4.69, 9.17) is 4.84 Å². The Balaban J connectivity index is 1.86. The molecule has 2 heterocycles. The summed E-state index contributed by atoms with van der Waals surface area (Å²) in [6.45, 7) is 10.0. The second kappa shape index (κ2) is 5.02. The van der Waals surface area contributed by atoms with E-state index in [1.165, 1.54) is 0 Å². The van der Waals surface area contributed by atoms with Crippen LogP contribution in [0.2, 0.25) is 0 Å². The molecule has 0 spiro atoms. The molecule has 0 bridgehead atoms. The summed E-state index contributed by atoms with van der Waals surface area (Å²) < 4.78 is 0. The maximum Gasteiger partial charge on any atom is 0.128 e. The first-order valence-electron chi connectivity index (χ1n) is 6.15. The molecule has 4 nitrogen and oxygen atoms in total. The summed E-state index contributed by atoms with van der Waals surface area (Å²) in [7, 11) is 0. The molecule has 0 atom stereocenters. The van der Waals surface area contributed by atoms with Crippen molar-refractivity contribution >= 4 is 5.82 Å². The Bertz CT molecular complexity index is 339. The Morgan fingerprint density at radius 3 is 2.35 bits per heavy atom. The number of aromatic nitrogens is 1. The highest BCUT2D eigenvalue weighted by molar-refractivity contribution is 5.38. The Labute approximate surface area is 103 Å². The predicted octanol–water partition coefficient (Wildman–Crippen LogP) is 1.93. The van der Waals surface area contributed by atoms with Crippen LogP contribution in [0.4, 0.5) is 5.82 Å². The SMILES string of the molecule is CC(C)(C)ON1CCN(c2ccccn2)CC1. The van der Waals surface area contributed by atoms with E-state index < -0.39 is 0 Å². The van der Waals surface area contributed by atoms with Gasteiger partial charge < -0.3 is 4.90 Å². The number of anilines is 1. The van der Waals surface area contributed by atoms with E-state index >= 15 is 0 Å². The van der Waals surface area contributed by atoms with E-state index in [0.29, 0.717) is 0 Å². The number of piperazine rings is 1. The van der Waals surface area contributed by atoms with Gasteiger partial charge in [0.1, 0.15) is 5.82 Å². The molecule has 1 aromatic heterocycles. The third-order valence-corrected chi connectivity index (χ3v) is 2.61. The molecule has 4 heteroatoms. The minimum Gasteiger partial charge on any atom is -0.354 e. The lowest BCUT2D eigenvalue weighted by atomic mass is 10.2. The smallest absolute Gasteiger partial charge is 0.128 e. The first-order valence-corrected chi connectivity index (χ1v) is 6.15. The monoisotopic (exact) mass is 235 g/mol. The number of nitrogens with zero attached hydrogens (tertiary/aromatic N) is 3. The molecule has 1 aromatic rings. The minimum absolute atomic E-state index is 0.104. The van der Waals surface area contributed by atoms with Crippen LogP contribution >= 0.6 is 0 Å². The average Bonchev–Trinajstić information content (AvgIpc) is 2.29. The predicted molar refractivity (Wildman–Crippen MR) is 68.9 cm³/mol. The van der Waals surface area contributed by atoms with Crippen molar-refractivity contribution in [1.82, 2.24) is 10.0 Å². The van der Waals surface area contributed by atoms with Crippen LogP contribution < -0.4 is 4.90 Å². The molecule has 1 fully saturated rings. The first-order chi connectivity index (χ1) is 8.04. The lowest BCUT2D eigenvalue weighted by Crippen LogP contribution is -2.48. The van der Waals surface area contributed by atoms with Crippen molar-refractivity contribution in [3.05, 3.63) is 24.4 Å². The molecule has 0 amide bonds. The van der Waals surface area contributed by atoms with Gasteiger partial charge in [-0.25, -0.2) is 4.98 Å². The van der Waals surface area contributed by atoms with Crippen molar-refractivity contribution in [1.29, 1.82) is 0 Å². The van der Waals surface area contributed by atoms with E-state index in [1.54, 1.807) is 0 Å². The number of rotatable bonds is 2. The van der Waals surface area contributed by atoms with Crippen LogP contribution in [0.1, 0.15) is 20.8 Å². The highest BCUT2D eigenvalue weighted by Crippen LogP contribution is 2.16. The quantitative estimate of drug-likeness (QED) is 0.783. The molecule has 17 heavy (non-hydrogen) atoms. The van der Waals surface area contributed by atoms with Crippen LogP contribution in [0.3, 0.4) is 0 Å². The number of pyridine rings is 1. The minimum atomic E-state index is -0.104. The molecule has 0 radical (unpaired) electrons. The van der Waals surface area contributed by atoms with Gasteiger partial charge in [0.05, 0.1) is 5.60 Å². The highest BCUT2D eigenvalue weighted by Gasteiger charge is 2.22. The van der Waals surface area contributed by atoms with Crippen LogP contribution in [-0.4, -0.2) is 41.8 Å². The van der Waals surface area contributed by atoms with Crippen molar-refractivity contribution in [2.24, 2.45) is 0 Å². The van der Waals surface area contributed by atoms with E-state index in [2.05, 4.69) is 41.8 Å². The van der Waals surface area contributed by atoms with Crippen molar-refractivity contribution in [3.8, 4) is 0 Å². The summed E-state index contributed by atoms with van der Waals surface area (Å²) in [5.74, 6) is 1.06. The Morgan fingerprint density at radius 1 is 1.12 bits per heavy atom. The molecule has 0 saturated carbocycles. The van der Waals surface area contributed by atoms with Gasteiger partial charge in [-0.3, -0.25) is 4.84 Å². The fraction of sp³-hybridized carbons (Fsp3) is 0.615. The Kier molecular flexibility index (Phi) is 3.64. The summed E-state index contributed by atoms with van der Waals surface area (Å²) in [6, 6.07) is 6.03. The zero-order valence-electron chi connectivity index (χ0n) is 10.9.